The van der Waals surface area contributed by atoms with Crippen LogP contribution in [0, 0.1) is 5.92 Å². The van der Waals surface area contributed by atoms with E-state index in [1.807, 2.05) is 6.07 Å². The highest BCUT2D eigenvalue weighted by Gasteiger charge is 2.32. The van der Waals surface area contributed by atoms with E-state index in [-0.39, 0.29) is 12.4 Å². The van der Waals surface area contributed by atoms with Crippen molar-refractivity contribution < 1.29 is 0 Å². The number of nitrogens with zero attached hydrogens (tertiary/aromatic N) is 1. The van der Waals surface area contributed by atoms with Crippen LogP contribution < -0.4 is 5.73 Å². The van der Waals surface area contributed by atoms with E-state index >= 15 is 0 Å². The summed E-state index contributed by atoms with van der Waals surface area (Å²) in [6, 6.07) is 12.7. The van der Waals surface area contributed by atoms with Gasteiger partial charge in [-0.05, 0) is 29.5 Å². The first-order valence-electron chi connectivity index (χ1n) is 6.97. The van der Waals surface area contributed by atoms with Crippen LogP contribution in [0.3, 0.4) is 0 Å². The van der Waals surface area contributed by atoms with Gasteiger partial charge in [-0.15, -0.1) is 23.7 Å². The van der Waals surface area contributed by atoms with E-state index < -0.39 is 0 Å². The van der Waals surface area contributed by atoms with Crippen LogP contribution in [-0.2, 0) is 6.54 Å². The number of nitrogens with two attached hydrogens (primary N) is 1. The molecule has 1 aromatic carbocycles. The molecular weight excluding hydrogens is 323 g/mol. The van der Waals surface area contributed by atoms with Gasteiger partial charge in [0.1, 0.15) is 0 Å². The molecule has 2 aromatic rings. The zero-order valence-corrected chi connectivity index (χ0v) is 14.1. The maximum Gasteiger partial charge on any atom is 0.0558 e. The van der Waals surface area contributed by atoms with Gasteiger partial charge >= 0.3 is 0 Å². The van der Waals surface area contributed by atoms with Crippen LogP contribution in [0.4, 0.5) is 0 Å². The number of rotatable bonds is 4. The molecule has 1 aromatic heterocycles. The monoisotopic (exact) mass is 342 g/mol. The lowest BCUT2D eigenvalue weighted by molar-refractivity contribution is 0.320. The Labute approximate surface area is 141 Å². The molecule has 0 radical (unpaired) electrons. The Hall–Kier alpha value is -0.580. The predicted molar refractivity (Wildman–Crippen MR) is 93.6 cm³/mol. The summed E-state index contributed by atoms with van der Waals surface area (Å²) < 4.78 is 0. The van der Waals surface area contributed by atoms with Crippen molar-refractivity contribution in [2.75, 3.05) is 19.6 Å². The zero-order valence-electron chi connectivity index (χ0n) is 11.7. The molecule has 0 amide bonds. The Kier molecular flexibility index (Phi) is 6.08. The fourth-order valence-electron chi connectivity index (χ4n) is 3.05. The van der Waals surface area contributed by atoms with Crippen molar-refractivity contribution >= 4 is 35.3 Å². The fourth-order valence-corrected chi connectivity index (χ4v) is 4.18. The summed E-state index contributed by atoms with van der Waals surface area (Å²) in [6.45, 7) is 3.81. The SMILES string of the molecule is Cl.NC[C@@H]1CN(Cc2sccc2Cl)C[C@H]1c1ccccc1. The first kappa shape index (κ1) is 16.8. The maximum absolute atomic E-state index is 6.20. The van der Waals surface area contributed by atoms with Gasteiger partial charge in [0.15, 0.2) is 0 Å². The molecule has 2 N–H and O–H groups in total. The van der Waals surface area contributed by atoms with Crippen LogP contribution in [0.1, 0.15) is 16.4 Å². The maximum atomic E-state index is 6.20. The highest BCUT2D eigenvalue weighted by Crippen LogP contribution is 2.34. The first-order chi connectivity index (χ1) is 9.78. The van der Waals surface area contributed by atoms with Crippen molar-refractivity contribution in [2.24, 2.45) is 11.7 Å². The quantitative estimate of drug-likeness (QED) is 0.909. The van der Waals surface area contributed by atoms with Crippen LogP contribution in [-0.4, -0.2) is 24.5 Å². The third-order valence-electron chi connectivity index (χ3n) is 4.11. The molecule has 3 rings (SSSR count). The lowest BCUT2D eigenvalue weighted by atomic mass is 9.89. The van der Waals surface area contributed by atoms with Gasteiger partial charge in [-0.25, -0.2) is 0 Å². The van der Waals surface area contributed by atoms with Crippen LogP contribution in [0.2, 0.25) is 5.02 Å². The van der Waals surface area contributed by atoms with Gasteiger partial charge in [0.25, 0.3) is 0 Å². The number of thiophene rings is 1. The van der Waals surface area contributed by atoms with Gasteiger partial charge in [-0.3, -0.25) is 4.90 Å². The van der Waals surface area contributed by atoms with Gasteiger partial charge in [0, 0.05) is 30.4 Å². The lowest BCUT2D eigenvalue weighted by Gasteiger charge is -2.16. The fraction of sp³-hybridized carbons (Fsp3) is 0.375. The largest absolute Gasteiger partial charge is 0.330 e. The normalized spacial score (nSPS) is 22.2. The second kappa shape index (κ2) is 7.61. The highest BCUT2D eigenvalue weighted by molar-refractivity contribution is 7.10. The summed E-state index contributed by atoms with van der Waals surface area (Å²) >= 11 is 7.94. The molecule has 2 atom stereocenters. The predicted octanol–water partition coefficient (Wildman–Crippen LogP) is 4.00. The molecule has 1 aliphatic rings. The molecule has 2 nitrogen and oxygen atoms in total. The highest BCUT2D eigenvalue weighted by atomic mass is 35.5. The molecule has 0 spiro atoms. The van der Waals surface area contributed by atoms with E-state index in [1.165, 1.54) is 10.4 Å². The van der Waals surface area contributed by atoms with Crippen molar-refractivity contribution in [2.45, 2.75) is 12.5 Å². The van der Waals surface area contributed by atoms with Crippen LogP contribution in [0.5, 0.6) is 0 Å². The molecule has 5 heteroatoms. The molecule has 21 heavy (non-hydrogen) atoms. The van der Waals surface area contributed by atoms with Crippen molar-refractivity contribution in [3.8, 4) is 0 Å². The Morgan fingerprint density at radius 1 is 1.19 bits per heavy atom. The number of hydrogen-bond acceptors (Lipinski definition) is 3. The second-order valence-corrected chi connectivity index (χ2v) is 6.81. The molecular formula is C16H20Cl2N2S. The molecule has 1 saturated heterocycles. The van der Waals surface area contributed by atoms with Crippen LogP contribution >= 0.6 is 35.3 Å². The Morgan fingerprint density at radius 2 is 1.95 bits per heavy atom. The van der Waals surface area contributed by atoms with Gasteiger partial charge < -0.3 is 5.73 Å². The third kappa shape index (κ3) is 3.79. The van der Waals surface area contributed by atoms with E-state index in [1.54, 1.807) is 11.3 Å². The average Bonchev–Trinajstić information content (AvgIpc) is 3.07. The van der Waals surface area contributed by atoms with Gasteiger partial charge in [-0.1, -0.05) is 41.9 Å². The van der Waals surface area contributed by atoms with Crippen molar-refractivity contribution in [1.29, 1.82) is 0 Å². The Morgan fingerprint density at radius 3 is 2.57 bits per heavy atom. The molecule has 114 valence electrons. The van der Waals surface area contributed by atoms with Crippen molar-refractivity contribution in [3.63, 3.8) is 0 Å². The van der Waals surface area contributed by atoms with E-state index in [0.717, 1.165) is 31.2 Å². The van der Waals surface area contributed by atoms with Crippen LogP contribution in [0.15, 0.2) is 41.8 Å². The molecule has 0 unspecified atom stereocenters. The Bertz CT molecular complexity index is 558. The molecule has 1 fully saturated rings. The third-order valence-corrected chi connectivity index (χ3v) is 5.48. The number of halogens is 2. The van der Waals surface area contributed by atoms with Crippen molar-refractivity contribution in [1.82, 2.24) is 4.90 Å². The standard InChI is InChI=1S/C16H19ClN2S.ClH/c17-15-6-7-20-16(15)11-19-9-13(8-18)14(10-19)12-4-2-1-3-5-12;/h1-7,13-14H,8-11,18H2;1H/t13-,14+;/m1./s1. The first-order valence-corrected chi connectivity index (χ1v) is 8.23. The van der Waals surface area contributed by atoms with Crippen LogP contribution in [0.25, 0.3) is 0 Å². The minimum atomic E-state index is 0. The van der Waals surface area contributed by atoms with E-state index in [0.29, 0.717) is 11.8 Å². The number of likely N-dealkylation sites (tertiary alicyclic amines) is 1. The number of hydrogen-bond donors (Lipinski definition) is 1. The molecule has 1 aliphatic heterocycles. The van der Waals surface area contributed by atoms with E-state index in [2.05, 4.69) is 40.6 Å². The lowest BCUT2D eigenvalue weighted by Crippen LogP contribution is -2.23. The van der Waals surface area contributed by atoms with E-state index in [4.69, 9.17) is 17.3 Å². The molecule has 0 aliphatic carbocycles. The topological polar surface area (TPSA) is 29.3 Å². The van der Waals surface area contributed by atoms with Gasteiger partial charge in [-0.2, -0.15) is 0 Å². The minimum Gasteiger partial charge on any atom is -0.330 e. The zero-order chi connectivity index (χ0) is 13.9. The summed E-state index contributed by atoms with van der Waals surface area (Å²) in [5.74, 6) is 1.08. The molecule has 2 heterocycles. The second-order valence-electron chi connectivity index (χ2n) is 5.40. The molecule has 0 saturated carbocycles. The summed E-state index contributed by atoms with van der Waals surface area (Å²) in [4.78, 5) is 3.74. The average molecular weight is 343 g/mol. The molecule has 0 bridgehead atoms. The van der Waals surface area contributed by atoms with Crippen molar-refractivity contribution in [3.05, 3.63) is 57.2 Å². The van der Waals surface area contributed by atoms with Gasteiger partial charge in [0.05, 0.1) is 5.02 Å². The summed E-state index contributed by atoms with van der Waals surface area (Å²) in [5.41, 5.74) is 7.38. The Balaban J connectivity index is 0.00000161. The summed E-state index contributed by atoms with van der Waals surface area (Å²) in [7, 11) is 0. The smallest absolute Gasteiger partial charge is 0.0558 e. The van der Waals surface area contributed by atoms with Gasteiger partial charge in [0.2, 0.25) is 0 Å². The minimum absolute atomic E-state index is 0. The summed E-state index contributed by atoms with van der Waals surface area (Å²) in [6.07, 6.45) is 0. The van der Waals surface area contributed by atoms with E-state index in [9.17, 15) is 0 Å². The summed E-state index contributed by atoms with van der Waals surface area (Å²) in [5, 5.41) is 2.95. The number of benzene rings is 1.